The quantitative estimate of drug-likeness (QED) is 0.866. The highest BCUT2D eigenvalue weighted by Crippen LogP contribution is 2.29. The number of rotatable bonds is 6. The molecule has 0 bridgehead atoms. The maximum Gasteiger partial charge on any atom is 0.390 e. The van der Waals surface area contributed by atoms with E-state index in [0.717, 1.165) is 31.1 Å². The van der Waals surface area contributed by atoms with E-state index in [1.165, 1.54) is 0 Å². The molecule has 1 N–H and O–H groups in total. The van der Waals surface area contributed by atoms with Gasteiger partial charge < -0.3 is 10.2 Å². The molecular weight excluding hydrogens is 297 g/mol. The number of alkyl halides is 3. The van der Waals surface area contributed by atoms with Gasteiger partial charge in [-0.15, -0.1) is 0 Å². The first-order valence-corrected chi connectivity index (χ1v) is 8.35. The molecule has 1 fully saturated rings. The van der Waals surface area contributed by atoms with E-state index in [0.29, 0.717) is 12.1 Å². The molecule has 2 nitrogen and oxygen atoms in total. The van der Waals surface area contributed by atoms with Gasteiger partial charge in [0.2, 0.25) is 0 Å². The van der Waals surface area contributed by atoms with E-state index in [4.69, 9.17) is 0 Å². The van der Waals surface area contributed by atoms with Crippen LogP contribution in [0.4, 0.5) is 13.2 Å². The van der Waals surface area contributed by atoms with Crippen molar-refractivity contribution in [2.75, 3.05) is 37.7 Å². The molecule has 0 aliphatic carbocycles. The van der Waals surface area contributed by atoms with Gasteiger partial charge in [0.1, 0.15) is 0 Å². The highest BCUT2D eigenvalue weighted by Gasteiger charge is 2.32. The van der Waals surface area contributed by atoms with Crippen molar-refractivity contribution in [3.05, 3.63) is 35.9 Å². The maximum atomic E-state index is 12.7. The molecule has 1 aliphatic rings. The summed E-state index contributed by atoms with van der Waals surface area (Å²) in [5.74, 6) is 2.23. The Balaban J connectivity index is 1.86. The monoisotopic (exact) mass is 318 g/mol. The van der Waals surface area contributed by atoms with Gasteiger partial charge in [0.05, 0.1) is 6.42 Å². The fraction of sp³-hybridized carbons (Fsp3) is 0.600. The fourth-order valence-electron chi connectivity index (χ4n) is 2.45. The molecule has 1 saturated heterocycles. The lowest BCUT2D eigenvalue weighted by Gasteiger charge is -2.27. The third kappa shape index (κ3) is 6.28. The SMILES string of the molecule is FC(F)(F)CC(NCCN1CCSCC1)c1ccccc1. The Morgan fingerprint density at radius 3 is 2.43 bits per heavy atom. The first-order chi connectivity index (χ1) is 10.0. The predicted molar refractivity (Wildman–Crippen MR) is 81.6 cm³/mol. The average molecular weight is 318 g/mol. The highest BCUT2D eigenvalue weighted by molar-refractivity contribution is 7.99. The average Bonchev–Trinajstić information content (AvgIpc) is 2.47. The minimum atomic E-state index is -4.16. The molecule has 1 atom stereocenters. The molecule has 1 aliphatic heterocycles. The summed E-state index contributed by atoms with van der Waals surface area (Å²) in [6, 6.07) is 8.22. The van der Waals surface area contributed by atoms with Crippen molar-refractivity contribution in [2.24, 2.45) is 0 Å². The van der Waals surface area contributed by atoms with Gasteiger partial charge in [-0.1, -0.05) is 30.3 Å². The standard InChI is InChI=1S/C15H21F3N2S/c16-15(17,18)12-14(13-4-2-1-3-5-13)19-6-7-20-8-10-21-11-9-20/h1-5,14,19H,6-12H2. The van der Waals surface area contributed by atoms with E-state index >= 15 is 0 Å². The highest BCUT2D eigenvalue weighted by atomic mass is 32.2. The third-order valence-electron chi connectivity index (χ3n) is 3.56. The molecule has 0 radical (unpaired) electrons. The van der Waals surface area contributed by atoms with Gasteiger partial charge in [0, 0.05) is 43.7 Å². The number of nitrogens with zero attached hydrogens (tertiary/aromatic N) is 1. The molecule has 1 heterocycles. The molecule has 0 amide bonds. The predicted octanol–water partition coefficient (Wildman–Crippen LogP) is 3.32. The molecular formula is C15H21F3N2S. The van der Waals surface area contributed by atoms with Crippen LogP contribution in [0.3, 0.4) is 0 Å². The number of hydrogen-bond acceptors (Lipinski definition) is 3. The van der Waals surface area contributed by atoms with E-state index < -0.39 is 18.6 Å². The van der Waals surface area contributed by atoms with Gasteiger partial charge in [-0.25, -0.2) is 0 Å². The molecule has 0 aromatic heterocycles. The molecule has 21 heavy (non-hydrogen) atoms. The van der Waals surface area contributed by atoms with E-state index in [1.54, 1.807) is 24.3 Å². The lowest BCUT2D eigenvalue weighted by Crippen LogP contribution is -2.39. The zero-order chi connectivity index (χ0) is 15.1. The molecule has 0 saturated carbocycles. The van der Waals surface area contributed by atoms with Crippen molar-refractivity contribution in [1.29, 1.82) is 0 Å². The van der Waals surface area contributed by atoms with Crippen LogP contribution in [0.15, 0.2) is 30.3 Å². The number of benzene rings is 1. The van der Waals surface area contributed by atoms with Gasteiger partial charge in [-0.05, 0) is 5.56 Å². The van der Waals surface area contributed by atoms with Gasteiger partial charge in [0.15, 0.2) is 0 Å². The third-order valence-corrected chi connectivity index (χ3v) is 4.50. The summed E-state index contributed by atoms with van der Waals surface area (Å²) in [5.41, 5.74) is 0.698. The van der Waals surface area contributed by atoms with Crippen molar-refractivity contribution in [1.82, 2.24) is 10.2 Å². The van der Waals surface area contributed by atoms with E-state index in [-0.39, 0.29) is 0 Å². The minimum absolute atomic E-state index is 0.584. The second-order valence-corrected chi connectivity index (χ2v) is 6.42. The van der Waals surface area contributed by atoms with Gasteiger partial charge in [0.25, 0.3) is 0 Å². The van der Waals surface area contributed by atoms with Gasteiger partial charge in [-0.3, -0.25) is 0 Å². The second kappa shape index (κ2) is 8.06. The topological polar surface area (TPSA) is 15.3 Å². The van der Waals surface area contributed by atoms with Crippen LogP contribution in [-0.4, -0.2) is 48.8 Å². The van der Waals surface area contributed by atoms with Crippen LogP contribution in [0, 0.1) is 0 Å². The second-order valence-electron chi connectivity index (χ2n) is 5.19. The zero-order valence-corrected chi connectivity index (χ0v) is 12.7. The van der Waals surface area contributed by atoms with Crippen LogP contribution in [0.2, 0.25) is 0 Å². The molecule has 0 spiro atoms. The Morgan fingerprint density at radius 1 is 1.14 bits per heavy atom. The summed E-state index contributed by atoms with van der Waals surface area (Å²) in [7, 11) is 0. The van der Waals surface area contributed by atoms with Crippen molar-refractivity contribution in [3.8, 4) is 0 Å². The van der Waals surface area contributed by atoms with Gasteiger partial charge >= 0.3 is 6.18 Å². The summed E-state index contributed by atoms with van der Waals surface area (Å²) in [5, 5.41) is 3.07. The lowest BCUT2D eigenvalue weighted by molar-refractivity contribution is -0.140. The summed E-state index contributed by atoms with van der Waals surface area (Å²) < 4.78 is 38.2. The maximum absolute atomic E-state index is 12.7. The first-order valence-electron chi connectivity index (χ1n) is 7.20. The molecule has 1 aromatic carbocycles. The summed E-state index contributed by atoms with van der Waals surface area (Å²) >= 11 is 1.93. The Morgan fingerprint density at radius 2 is 1.81 bits per heavy atom. The van der Waals surface area contributed by atoms with Crippen molar-refractivity contribution in [2.45, 2.75) is 18.6 Å². The molecule has 6 heteroatoms. The van der Waals surface area contributed by atoms with Crippen LogP contribution in [-0.2, 0) is 0 Å². The Bertz CT molecular complexity index is 405. The molecule has 2 rings (SSSR count). The number of thioether (sulfide) groups is 1. The minimum Gasteiger partial charge on any atom is -0.308 e. The summed E-state index contributed by atoms with van der Waals surface area (Å²) in [6.45, 7) is 3.45. The van der Waals surface area contributed by atoms with Crippen molar-refractivity contribution >= 4 is 11.8 Å². The number of hydrogen-bond donors (Lipinski definition) is 1. The van der Waals surface area contributed by atoms with E-state index in [2.05, 4.69) is 10.2 Å². The Kier molecular flexibility index (Phi) is 6.39. The number of nitrogens with one attached hydrogen (secondary N) is 1. The van der Waals surface area contributed by atoms with E-state index in [1.807, 2.05) is 17.8 Å². The molecule has 1 unspecified atom stereocenters. The van der Waals surface area contributed by atoms with Crippen LogP contribution >= 0.6 is 11.8 Å². The Hall–Kier alpha value is -0.720. The molecule has 118 valence electrons. The Labute approximate surface area is 128 Å². The largest absolute Gasteiger partial charge is 0.390 e. The first kappa shape index (κ1) is 16.6. The smallest absolute Gasteiger partial charge is 0.308 e. The van der Waals surface area contributed by atoms with Crippen LogP contribution in [0.1, 0.15) is 18.0 Å². The summed E-state index contributed by atoms with van der Waals surface area (Å²) in [4.78, 5) is 2.30. The van der Waals surface area contributed by atoms with Crippen LogP contribution < -0.4 is 5.32 Å². The van der Waals surface area contributed by atoms with Gasteiger partial charge in [-0.2, -0.15) is 24.9 Å². The normalized spacial score (nSPS) is 18.6. The van der Waals surface area contributed by atoms with Crippen LogP contribution in [0.25, 0.3) is 0 Å². The zero-order valence-electron chi connectivity index (χ0n) is 11.9. The van der Waals surface area contributed by atoms with Crippen molar-refractivity contribution < 1.29 is 13.2 Å². The summed E-state index contributed by atoms with van der Waals surface area (Å²) in [6.07, 6.45) is -4.98. The van der Waals surface area contributed by atoms with Crippen molar-refractivity contribution in [3.63, 3.8) is 0 Å². The van der Waals surface area contributed by atoms with Crippen LogP contribution in [0.5, 0.6) is 0 Å². The fourth-order valence-corrected chi connectivity index (χ4v) is 3.43. The lowest BCUT2D eigenvalue weighted by atomic mass is 10.0. The van der Waals surface area contributed by atoms with E-state index in [9.17, 15) is 13.2 Å². The number of halogens is 3. The molecule has 1 aromatic rings.